The van der Waals surface area contributed by atoms with Crippen molar-refractivity contribution >= 4 is 17.8 Å². The predicted molar refractivity (Wildman–Crippen MR) is 89.3 cm³/mol. The van der Waals surface area contributed by atoms with Crippen LogP contribution in [0.5, 0.6) is 0 Å². The van der Waals surface area contributed by atoms with E-state index in [0.717, 1.165) is 18.4 Å². The second kappa shape index (κ2) is 8.47. The molecule has 6 heteroatoms. The van der Waals surface area contributed by atoms with Crippen molar-refractivity contribution in [2.75, 3.05) is 13.1 Å². The molecule has 2 N–H and O–H groups in total. The maximum absolute atomic E-state index is 12.4. The van der Waals surface area contributed by atoms with E-state index in [1.165, 1.54) is 0 Å². The van der Waals surface area contributed by atoms with Gasteiger partial charge >= 0.3 is 5.97 Å². The van der Waals surface area contributed by atoms with Gasteiger partial charge in [0, 0.05) is 19.1 Å². The number of piperidine rings is 1. The van der Waals surface area contributed by atoms with Crippen molar-refractivity contribution in [2.24, 2.45) is 5.92 Å². The Labute approximate surface area is 141 Å². The number of rotatable bonds is 6. The van der Waals surface area contributed by atoms with E-state index in [-0.39, 0.29) is 24.2 Å². The van der Waals surface area contributed by atoms with E-state index >= 15 is 0 Å². The molecule has 1 aromatic carbocycles. The number of amides is 2. The number of hydrogen-bond donors (Lipinski definition) is 2. The van der Waals surface area contributed by atoms with Gasteiger partial charge in [-0.1, -0.05) is 30.3 Å². The highest BCUT2D eigenvalue weighted by Gasteiger charge is 2.29. The van der Waals surface area contributed by atoms with E-state index in [0.29, 0.717) is 19.5 Å². The van der Waals surface area contributed by atoms with Gasteiger partial charge in [0.2, 0.25) is 11.8 Å². The third-order valence-corrected chi connectivity index (χ3v) is 4.21. The maximum Gasteiger partial charge on any atom is 0.305 e. The van der Waals surface area contributed by atoms with Gasteiger partial charge < -0.3 is 15.3 Å². The molecule has 2 atom stereocenters. The van der Waals surface area contributed by atoms with Gasteiger partial charge in [0.15, 0.2) is 0 Å². The summed E-state index contributed by atoms with van der Waals surface area (Å²) in [7, 11) is 0. The number of carboxylic acid groups (broad SMARTS) is 1. The maximum atomic E-state index is 12.4. The zero-order valence-electron chi connectivity index (χ0n) is 13.9. The molecular formula is C18H24N2O4. The molecule has 1 saturated heterocycles. The molecule has 1 heterocycles. The molecule has 1 fully saturated rings. The molecule has 0 spiro atoms. The summed E-state index contributed by atoms with van der Waals surface area (Å²) in [5.41, 5.74) is 0.962. The molecule has 130 valence electrons. The minimum atomic E-state index is -0.939. The first-order valence-electron chi connectivity index (χ1n) is 8.29. The van der Waals surface area contributed by atoms with Crippen LogP contribution in [0.25, 0.3) is 0 Å². The van der Waals surface area contributed by atoms with Gasteiger partial charge in [-0.25, -0.2) is 0 Å². The van der Waals surface area contributed by atoms with Crippen LogP contribution in [0, 0.1) is 5.92 Å². The number of benzene rings is 1. The Morgan fingerprint density at radius 1 is 1.29 bits per heavy atom. The third kappa shape index (κ3) is 5.37. The van der Waals surface area contributed by atoms with Crippen molar-refractivity contribution in [3.8, 4) is 0 Å². The van der Waals surface area contributed by atoms with Gasteiger partial charge in [-0.2, -0.15) is 0 Å². The van der Waals surface area contributed by atoms with Crippen LogP contribution in [0.15, 0.2) is 30.3 Å². The molecule has 2 rings (SSSR count). The molecule has 1 aliphatic heterocycles. The monoisotopic (exact) mass is 332 g/mol. The SMILES string of the molecule is CC(CC(=O)O)NC(=O)C1CCCN(C(=O)Cc2ccccc2)C1. The van der Waals surface area contributed by atoms with Gasteiger partial charge in [0.05, 0.1) is 18.8 Å². The summed E-state index contributed by atoms with van der Waals surface area (Å²) >= 11 is 0. The second-order valence-electron chi connectivity index (χ2n) is 6.35. The minimum Gasteiger partial charge on any atom is -0.481 e. The Hall–Kier alpha value is -2.37. The van der Waals surface area contributed by atoms with Crippen molar-refractivity contribution in [3.05, 3.63) is 35.9 Å². The lowest BCUT2D eigenvalue weighted by Gasteiger charge is -2.32. The fraction of sp³-hybridized carbons (Fsp3) is 0.500. The number of aliphatic carboxylic acids is 1. The predicted octanol–water partition coefficient (Wildman–Crippen LogP) is 1.45. The standard InChI is InChI=1S/C18H24N2O4/c1-13(10-17(22)23)19-18(24)15-8-5-9-20(12-15)16(21)11-14-6-3-2-4-7-14/h2-4,6-7,13,15H,5,8-12H2,1H3,(H,19,24)(H,22,23). The van der Waals surface area contributed by atoms with Gasteiger partial charge in [0.1, 0.15) is 0 Å². The molecule has 0 bridgehead atoms. The molecule has 6 nitrogen and oxygen atoms in total. The highest BCUT2D eigenvalue weighted by molar-refractivity contribution is 5.82. The van der Waals surface area contributed by atoms with E-state index in [9.17, 15) is 14.4 Å². The number of hydrogen-bond acceptors (Lipinski definition) is 3. The fourth-order valence-electron chi connectivity index (χ4n) is 2.97. The van der Waals surface area contributed by atoms with Crippen molar-refractivity contribution in [1.29, 1.82) is 0 Å². The first-order chi connectivity index (χ1) is 11.5. The summed E-state index contributed by atoms with van der Waals surface area (Å²) in [5, 5.41) is 11.5. The Balaban J connectivity index is 1.87. The number of nitrogens with zero attached hydrogens (tertiary/aromatic N) is 1. The number of carbonyl (C=O) groups is 3. The molecule has 0 aliphatic carbocycles. The normalized spacial score (nSPS) is 18.7. The van der Waals surface area contributed by atoms with Crippen LogP contribution in [0.2, 0.25) is 0 Å². The Kier molecular flexibility index (Phi) is 6.35. The highest BCUT2D eigenvalue weighted by Crippen LogP contribution is 2.18. The molecular weight excluding hydrogens is 308 g/mol. The molecule has 1 aromatic rings. The summed E-state index contributed by atoms with van der Waals surface area (Å²) in [6.07, 6.45) is 1.74. The zero-order valence-corrected chi connectivity index (χ0v) is 13.9. The van der Waals surface area contributed by atoms with Crippen molar-refractivity contribution in [1.82, 2.24) is 10.2 Å². The lowest BCUT2D eigenvalue weighted by molar-refractivity contribution is -0.137. The van der Waals surface area contributed by atoms with Crippen molar-refractivity contribution < 1.29 is 19.5 Å². The van der Waals surface area contributed by atoms with Gasteiger partial charge in [-0.15, -0.1) is 0 Å². The topological polar surface area (TPSA) is 86.7 Å². The average Bonchev–Trinajstić information content (AvgIpc) is 2.55. The van der Waals surface area contributed by atoms with E-state index in [1.807, 2.05) is 30.3 Å². The van der Waals surface area contributed by atoms with E-state index in [4.69, 9.17) is 5.11 Å². The summed E-state index contributed by atoms with van der Waals surface area (Å²) in [6.45, 7) is 2.74. The molecule has 1 aliphatic rings. The van der Waals surface area contributed by atoms with Crippen LogP contribution in [0.3, 0.4) is 0 Å². The third-order valence-electron chi connectivity index (χ3n) is 4.21. The smallest absolute Gasteiger partial charge is 0.305 e. The molecule has 24 heavy (non-hydrogen) atoms. The van der Waals surface area contributed by atoms with Crippen LogP contribution in [-0.2, 0) is 20.8 Å². The second-order valence-corrected chi connectivity index (χ2v) is 6.35. The zero-order chi connectivity index (χ0) is 17.5. The van der Waals surface area contributed by atoms with Crippen molar-refractivity contribution in [2.45, 2.75) is 38.6 Å². The lowest BCUT2D eigenvalue weighted by Crippen LogP contribution is -2.47. The molecule has 0 radical (unpaired) electrons. The fourth-order valence-corrected chi connectivity index (χ4v) is 2.97. The van der Waals surface area contributed by atoms with Crippen LogP contribution in [-0.4, -0.2) is 46.9 Å². The molecule has 2 unspecified atom stereocenters. The van der Waals surface area contributed by atoms with Gasteiger partial charge in [-0.3, -0.25) is 14.4 Å². The average molecular weight is 332 g/mol. The van der Waals surface area contributed by atoms with Gasteiger partial charge in [-0.05, 0) is 25.3 Å². The van der Waals surface area contributed by atoms with Crippen LogP contribution < -0.4 is 5.32 Å². The Morgan fingerprint density at radius 3 is 2.67 bits per heavy atom. The highest BCUT2D eigenvalue weighted by atomic mass is 16.4. The van der Waals surface area contributed by atoms with E-state index in [2.05, 4.69) is 5.32 Å². The van der Waals surface area contributed by atoms with E-state index < -0.39 is 12.0 Å². The number of carbonyl (C=O) groups excluding carboxylic acids is 2. The van der Waals surface area contributed by atoms with E-state index in [1.54, 1.807) is 11.8 Å². The van der Waals surface area contributed by atoms with Crippen LogP contribution in [0.4, 0.5) is 0 Å². The molecule has 2 amide bonds. The molecule has 0 aromatic heterocycles. The number of nitrogens with one attached hydrogen (secondary N) is 1. The quantitative estimate of drug-likeness (QED) is 0.825. The number of carboxylic acids is 1. The van der Waals surface area contributed by atoms with Gasteiger partial charge in [0.25, 0.3) is 0 Å². The molecule has 0 saturated carbocycles. The lowest BCUT2D eigenvalue weighted by atomic mass is 9.96. The van der Waals surface area contributed by atoms with Crippen LogP contribution in [0.1, 0.15) is 31.7 Å². The Morgan fingerprint density at radius 2 is 2.00 bits per heavy atom. The van der Waals surface area contributed by atoms with Crippen LogP contribution >= 0.6 is 0 Å². The van der Waals surface area contributed by atoms with Crippen molar-refractivity contribution in [3.63, 3.8) is 0 Å². The summed E-state index contributed by atoms with van der Waals surface area (Å²) in [4.78, 5) is 37.1. The summed E-state index contributed by atoms with van der Waals surface area (Å²) in [6, 6.07) is 9.13. The first kappa shape index (κ1) is 18.0. The minimum absolute atomic E-state index is 0.0253. The summed E-state index contributed by atoms with van der Waals surface area (Å²) in [5.74, 6) is -1.35. The number of likely N-dealkylation sites (tertiary alicyclic amines) is 1. The largest absolute Gasteiger partial charge is 0.481 e. The first-order valence-corrected chi connectivity index (χ1v) is 8.29. The summed E-state index contributed by atoms with van der Waals surface area (Å²) < 4.78 is 0. The Bertz CT molecular complexity index is 588.